The van der Waals surface area contributed by atoms with E-state index in [-0.39, 0.29) is 11.9 Å². The predicted octanol–water partition coefficient (Wildman–Crippen LogP) is 4.13. The molecule has 21 heavy (non-hydrogen) atoms. The number of fused-ring (bicyclic) bond motifs is 1. The summed E-state index contributed by atoms with van der Waals surface area (Å²) >= 11 is 0. The largest absolute Gasteiger partial charge is 0.313 e. The second-order valence-electron chi connectivity index (χ2n) is 6.00. The standard InChI is InChI=1S/C19H22FN/c1-13-6-9-18(20)11-17(13)12-19(21-2)16-8-7-14-4-3-5-15(14)10-16/h6-11,19,21H,3-5,12H2,1-2H3. The number of hydrogen-bond donors (Lipinski definition) is 1. The molecule has 3 rings (SSSR count). The molecule has 2 aromatic rings. The molecule has 1 aliphatic carbocycles. The van der Waals surface area contributed by atoms with Gasteiger partial charge in [0.05, 0.1) is 0 Å². The highest BCUT2D eigenvalue weighted by Gasteiger charge is 2.16. The third-order valence-corrected chi connectivity index (χ3v) is 4.61. The van der Waals surface area contributed by atoms with Crippen molar-refractivity contribution in [2.45, 2.75) is 38.6 Å². The van der Waals surface area contributed by atoms with Crippen LogP contribution in [0.1, 0.15) is 40.3 Å². The number of rotatable bonds is 4. The van der Waals surface area contributed by atoms with Gasteiger partial charge in [0.15, 0.2) is 0 Å². The minimum atomic E-state index is -0.153. The van der Waals surface area contributed by atoms with Gasteiger partial charge in [0, 0.05) is 6.04 Å². The second kappa shape index (κ2) is 5.98. The summed E-state index contributed by atoms with van der Waals surface area (Å²) in [5.74, 6) is -0.153. The van der Waals surface area contributed by atoms with Crippen LogP contribution in [-0.2, 0) is 19.3 Å². The summed E-state index contributed by atoms with van der Waals surface area (Å²) in [6, 6.07) is 12.1. The molecule has 0 aliphatic heterocycles. The van der Waals surface area contributed by atoms with Crippen LogP contribution < -0.4 is 5.32 Å². The molecule has 1 nitrogen and oxygen atoms in total. The van der Waals surface area contributed by atoms with Crippen LogP contribution in [0.25, 0.3) is 0 Å². The zero-order valence-corrected chi connectivity index (χ0v) is 12.7. The Hall–Kier alpha value is -1.67. The Morgan fingerprint density at radius 1 is 1.10 bits per heavy atom. The monoisotopic (exact) mass is 283 g/mol. The molecule has 110 valence electrons. The molecule has 0 heterocycles. The van der Waals surface area contributed by atoms with Crippen molar-refractivity contribution in [3.05, 3.63) is 70.0 Å². The van der Waals surface area contributed by atoms with E-state index in [4.69, 9.17) is 0 Å². The van der Waals surface area contributed by atoms with Crippen molar-refractivity contribution in [1.82, 2.24) is 5.32 Å². The van der Waals surface area contributed by atoms with Gasteiger partial charge in [-0.1, -0.05) is 24.3 Å². The maximum atomic E-state index is 13.5. The van der Waals surface area contributed by atoms with Crippen LogP contribution in [0.15, 0.2) is 36.4 Å². The molecule has 0 aromatic heterocycles. The maximum Gasteiger partial charge on any atom is 0.123 e. The van der Waals surface area contributed by atoms with Gasteiger partial charge in [-0.15, -0.1) is 0 Å². The first-order valence-corrected chi connectivity index (χ1v) is 7.71. The van der Waals surface area contributed by atoms with Crippen molar-refractivity contribution >= 4 is 0 Å². The van der Waals surface area contributed by atoms with Gasteiger partial charge in [0.1, 0.15) is 5.82 Å². The summed E-state index contributed by atoms with van der Waals surface area (Å²) in [6.45, 7) is 2.05. The Morgan fingerprint density at radius 3 is 2.71 bits per heavy atom. The van der Waals surface area contributed by atoms with Crippen molar-refractivity contribution in [1.29, 1.82) is 0 Å². The molecule has 0 saturated heterocycles. The average Bonchev–Trinajstić information content (AvgIpc) is 2.95. The SMILES string of the molecule is CNC(Cc1cc(F)ccc1C)c1ccc2c(c1)CCC2. The van der Waals surface area contributed by atoms with Crippen LogP contribution >= 0.6 is 0 Å². The number of nitrogens with one attached hydrogen (secondary N) is 1. The summed E-state index contributed by atoms with van der Waals surface area (Å²) in [7, 11) is 1.98. The maximum absolute atomic E-state index is 13.5. The lowest BCUT2D eigenvalue weighted by atomic mass is 9.94. The first-order valence-electron chi connectivity index (χ1n) is 7.71. The number of aryl methyl sites for hydroxylation is 3. The normalized spacial score (nSPS) is 15.0. The van der Waals surface area contributed by atoms with Gasteiger partial charge >= 0.3 is 0 Å². The van der Waals surface area contributed by atoms with Crippen molar-refractivity contribution < 1.29 is 4.39 Å². The molecule has 1 unspecified atom stereocenters. The number of benzene rings is 2. The van der Waals surface area contributed by atoms with Crippen molar-refractivity contribution in [2.24, 2.45) is 0 Å². The molecule has 2 aromatic carbocycles. The Morgan fingerprint density at radius 2 is 1.90 bits per heavy atom. The highest BCUT2D eigenvalue weighted by Crippen LogP contribution is 2.27. The third-order valence-electron chi connectivity index (χ3n) is 4.61. The van der Waals surface area contributed by atoms with Crippen LogP contribution in [0.2, 0.25) is 0 Å². The smallest absolute Gasteiger partial charge is 0.123 e. The Bertz CT molecular complexity index is 648. The van der Waals surface area contributed by atoms with Crippen molar-refractivity contribution in [3.63, 3.8) is 0 Å². The number of halogens is 1. The molecule has 1 aliphatic rings. The fourth-order valence-electron chi connectivity index (χ4n) is 3.27. The molecule has 0 fully saturated rings. The lowest BCUT2D eigenvalue weighted by Gasteiger charge is -2.19. The van der Waals surface area contributed by atoms with E-state index < -0.39 is 0 Å². The summed E-state index contributed by atoms with van der Waals surface area (Å²) in [4.78, 5) is 0. The molecule has 1 atom stereocenters. The van der Waals surface area contributed by atoms with E-state index in [0.29, 0.717) is 0 Å². The van der Waals surface area contributed by atoms with Crippen LogP contribution in [-0.4, -0.2) is 7.05 Å². The van der Waals surface area contributed by atoms with Gasteiger partial charge in [-0.2, -0.15) is 0 Å². The fourth-order valence-corrected chi connectivity index (χ4v) is 3.27. The minimum absolute atomic E-state index is 0.153. The lowest BCUT2D eigenvalue weighted by Crippen LogP contribution is -2.19. The number of hydrogen-bond acceptors (Lipinski definition) is 1. The van der Waals surface area contributed by atoms with E-state index >= 15 is 0 Å². The van der Waals surface area contributed by atoms with Gasteiger partial charge in [-0.3, -0.25) is 0 Å². The van der Waals surface area contributed by atoms with Gasteiger partial charge in [0.2, 0.25) is 0 Å². The van der Waals surface area contributed by atoms with Crippen LogP contribution in [0.5, 0.6) is 0 Å². The lowest BCUT2D eigenvalue weighted by molar-refractivity contribution is 0.582. The minimum Gasteiger partial charge on any atom is -0.313 e. The molecular weight excluding hydrogens is 261 g/mol. The highest BCUT2D eigenvalue weighted by molar-refractivity contribution is 5.38. The van der Waals surface area contributed by atoms with Crippen molar-refractivity contribution in [2.75, 3.05) is 7.05 Å². The van der Waals surface area contributed by atoms with Gasteiger partial charge in [-0.05, 0) is 79.6 Å². The molecule has 1 N–H and O–H groups in total. The quantitative estimate of drug-likeness (QED) is 0.889. The fraction of sp³-hybridized carbons (Fsp3) is 0.368. The van der Waals surface area contributed by atoms with Crippen molar-refractivity contribution in [3.8, 4) is 0 Å². The Kier molecular flexibility index (Phi) is 4.07. The van der Waals surface area contributed by atoms with E-state index in [2.05, 4.69) is 23.5 Å². The molecule has 0 amide bonds. The molecule has 0 saturated carbocycles. The zero-order chi connectivity index (χ0) is 14.8. The molecular formula is C19H22FN. The first-order chi connectivity index (χ1) is 10.2. The van der Waals surface area contributed by atoms with Crippen LogP contribution in [0.3, 0.4) is 0 Å². The summed E-state index contributed by atoms with van der Waals surface area (Å²) in [5, 5.41) is 3.38. The summed E-state index contributed by atoms with van der Waals surface area (Å²) < 4.78 is 13.5. The zero-order valence-electron chi connectivity index (χ0n) is 12.7. The Balaban J connectivity index is 1.86. The van der Waals surface area contributed by atoms with E-state index in [1.165, 1.54) is 42.0 Å². The first kappa shape index (κ1) is 14.3. The second-order valence-corrected chi connectivity index (χ2v) is 6.00. The molecule has 0 radical (unpaired) electrons. The van der Waals surface area contributed by atoms with Crippen LogP contribution in [0.4, 0.5) is 4.39 Å². The average molecular weight is 283 g/mol. The number of likely N-dealkylation sites (N-methyl/N-ethyl adjacent to an activating group) is 1. The van der Waals surface area contributed by atoms with Crippen LogP contribution in [0, 0.1) is 12.7 Å². The Labute approximate surface area is 126 Å². The predicted molar refractivity (Wildman–Crippen MR) is 85.1 cm³/mol. The summed E-state index contributed by atoms with van der Waals surface area (Å²) in [6.07, 6.45) is 4.49. The summed E-state index contributed by atoms with van der Waals surface area (Å²) in [5.41, 5.74) is 6.52. The van der Waals surface area contributed by atoms with Gasteiger partial charge < -0.3 is 5.32 Å². The van der Waals surface area contributed by atoms with E-state index in [9.17, 15) is 4.39 Å². The van der Waals surface area contributed by atoms with E-state index in [1.807, 2.05) is 20.0 Å². The highest BCUT2D eigenvalue weighted by atomic mass is 19.1. The third kappa shape index (κ3) is 3.01. The molecule has 2 heteroatoms. The molecule has 0 spiro atoms. The van der Waals surface area contributed by atoms with E-state index in [0.717, 1.165) is 17.5 Å². The van der Waals surface area contributed by atoms with E-state index in [1.54, 1.807) is 6.07 Å². The van der Waals surface area contributed by atoms with Gasteiger partial charge in [-0.25, -0.2) is 4.39 Å². The van der Waals surface area contributed by atoms with Gasteiger partial charge in [0.25, 0.3) is 0 Å². The molecule has 0 bridgehead atoms. The topological polar surface area (TPSA) is 12.0 Å².